The number of nitrogens with one attached hydrogen (secondary N) is 1. The number of hydrazone groups is 1. The Balaban J connectivity index is 1.95. The first kappa shape index (κ1) is 13.3. The van der Waals surface area contributed by atoms with Gasteiger partial charge < -0.3 is 5.11 Å². The van der Waals surface area contributed by atoms with Crippen LogP contribution < -0.4 is 0 Å². The number of carboxylic acid groups (broad SMARTS) is 1. The van der Waals surface area contributed by atoms with Crippen LogP contribution in [-0.4, -0.2) is 38.5 Å². The molecule has 0 saturated heterocycles. The maximum Gasteiger partial charge on any atom is 0.335 e. The second-order valence-electron chi connectivity index (χ2n) is 4.18. The fraction of sp³-hybridized carbons (Fsp3) is 0. The lowest BCUT2D eigenvalue weighted by Crippen LogP contribution is -2.35. The minimum atomic E-state index is -1.02. The fourth-order valence-corrected chi connectivity index (χ4v) is 2.44. The number of nitrogens with zero attached hydrogens (tertiary/aromatic N) is 3. The Morgan fingerprint density at radius 2 is 2.05 bits per heavy atom. The molecule has 0 fully saturated rings. The molecule has 0 radical (unpaired) electrons. The molecule has 3 rings (SSSR count). The summed E-state index contributed by atoms with van der Waals surface area (Å²) in [4.78, 5) is 26.6. The first-order valence-electron chi connectivity index (χ1n) is 5.82. The lowest BCUT2D eigenvalue weighted by atomic mass is 10.1. The molecular weight excluding hydrogens is 292 g/mol. The van der Waals surface area contributed by atoms with E-state index in [4.69, 9.17) is 10.5 Å². The van der Waals surface area contributed by atoms with Crippen molar-refractivity contribution in [1.29, 1.82) is 5.41 Å². The number of thioether (sulfide) groups is 1. The van der Waals surface area contributed by atoms with Crippen molar-refractivity contribution < 1.29 is 14.7 Å². The van der Waals surface area contributed by atoms with Crippen LogP contribution in [0.5, 0.6) is 0 Å². The molecule has 1 aromatic rings. The summed E-state index contributed by atoms with van der Waals surface area (Å²) in [5, 5.41) is 22.4. The van der Waals surface area contributed by atoms with Crippen molar-refractivity contribution in [3.05, 3.63) is 41.0 Å². The van der Waals surface area contributed by atoms with Crippen LogP contribution >= 0.6 is 11.8 Å². The molecule has 0 aliphatic carbocycles. The molecule has 0 aromatic heterocycles. The molecule has 0 bridgehead atoms. The zero-order valence-corrected chi connectivity index (χ0v) is 11.3. The van der Waals surface area contributed by atoms with Gasteiger partial charge in [0.25, 0.3) is 5.91 Å². The van der Waals surface area contributed by atoms with Crippen LogP contribution in [0, 0.1) is 5.41 Å². The monoisotopic (exact) mass is 300 g/mol. The van der Waals surface area contributed by atoms with Crippen LogP contribution in [0.4, 0.5) is 0 Å². The lowest BCUT2D eigenvalue weighted by Gasteiger charge is -2.20. The largest absolute Gasteiger partial charge is 0.478 e. The lowest BCUT2D eigenvalue weighted by molar-refractivity contribution is -0.114. The van der Waals surface area contributed by atoms with Crippen LogP contribution in [0.1, 0.15) is 15.9 Å². The quantitative estimate of drug-likeness (QED) is 0.807. The van der Waals surface area contributed by atoms with E-state index in [-0.39, 0.29) is 17.0 Å². The van der Waals surface area contributed by atoms with E-state index in [0.29, 0.717) is 10.7 Å². The van der Waals surface area contributed by atoms with Gasteiger partial charge in [0, 0.05) is 0 Å². The average molecular weight is 300 g/mol. The van der Waals surface area contributed by atoms with Crippen molar-refractivity contribution in [2.75, 3.05) is 0 Å². The Kier molecular flexibility index (Phi) is 3.15. The van der Waals surface area contributed by atoms with E-state index >= 15 is 0 Å². The standard InChI is InChI=1S/C13H8N4O3S/c14-10-9(11(18)16-13-17(10)15-6-21-13)5-7-1-3-8(4-2-7)12(19)20/h1-6,14H,(H,19,20)/b9-5-,14-10?. The van der Waals surface area contributed by atoms with Crippen molar-refractivity contribution in [3.8, 4) is 0 Å². The van der Waals surface area contributed by atoms with E-state index in [1.54, 1.807) is 12.1 Å². The van der Waals surface area contributed by atoms with Crippen LogP contribution in [0.25, 0.3) is 6.08 Å². The van der Waals surface area contributed by atoms with Gasteiger partial charge in [-0.05, 0) is 35.5 Å². The van der Waals surface area contributed by atoms with E-state index < -0.39 is 11.9 Å². The smallest absolute Gasteiger partial charge is 0.335 e. The second-order valence-corrected chi connectivity index (χ2v) is 5.00. The van der Waals surface area contributed by atoms with Crippen molar-refractivity contribution in [2.24, 2.45) is 10.1 Å². The Labute approximate surface area is 123 Å². The topological polar surface area (TPSA) is 106 Å². The molecular formula is C13H8N4O3S. The van der Waals surface area contributed by atoms with Crippen molar-refractivity contribution >= 4 is 46.3 Å². The number of aromatic carboxylic acids is 1. The molecule has 2 N–H and O–H groups in total. The molecule has 2 aliphatic heterocycles. The summed E-state index contributed by atoms with van der Waals surface area (Å²) in [7, 11) is 0. The molecule has 2 aliphatic rings. The number of rotatable bonds is 2. The van der Waals surface area contributed by atoms with Crippen molar-refractivity contribution in [2.45, 2.75) is 0 Å². The highest BCUT2D eigenvalue weighted by atomic mass is 32.2. The number of amidine groups is 2. The summed E-state index contributed by atoms with van der Waals surface area (Å²) in [6.45, 7) is 0. The summed E-state index contributed by atoms with van der Waals surface area (Å²) in [5.41, 5.74) is 2.39. The molecule has 21 heavy (non-hydrogen) atoms. The normalized spacial score (nSPS) is 19.0. The summed E-state index contributed by atoms with van der Waals surface area (Å²) in [5.74, 6) is -1.58. The first-order chi connectivity index (χ1) is 10.1. The molecule has 7 nitrogen and oxygen atoms in total. The molecule has 0 unspecified atom stereocenters. The van der Waals surface area contributed by atoms with Gasteiger partial charge in [0.2, 0.25) is 0 Å². The minimum absolute atomic E-state index is 0.0476. The van der Waals surface area contributed by atoms with Gasteiger partial charge in [-0.15, -0.1) is 0 Å². The predicted octanol–water partition coefficient (Wildman–Crippen LogP) is 1.63. The summed E-state index contributed by atoms with van der Waals surface area (Å²) in [6, 6.07) is 6.00. The molecule has 8 heteroatoms. The van der Waals surface area contributed by atoms with Crippen LogP contribution in [0.2, 0.25) is 0 Å². The van der Waals surface area contributed by atoms with E-state index in [2.05, 4.69) is 10.1 Å². The van der Waals surface area contributed by atoms with Gasteiger partial charge in [0.05, 0.1) is 16.7 Å². The molecule has 1 amide bonds. The maximum absolute atomic E-state index is 11.9. The van der Waals surface area contributed by atoms with Gasteiger partial charge in [0.15, 0.2) is 11.0 Å². The van der Waals surface area contributed by atoms with Crippen molar-refractivity contribution in [1.82, 2.24) is 5.01 Å². The maximum atomic E-state index is 11.9. The van der Waals surface area contributed by atoms with Gasteiger partial charge in [-0.3, -0.25) is 10.2 Å². The summed E-state index contributed by atoms with van der Waals surface area (Å²) < 4.78 is 0. The van der Waals surface area contributed by atoms with Crippen LogP contribution in [0.15, 0.2) is 39.9 Å². The van der Waals surface area contributed by atoms with Crippen molar-refractivity contribution in [3.63, 3.8) is 0 Å². The Morgan fingerprint density at radius 3 is 2.71 bits per heavy atom. The highest BCUT2D eigenvalue weighted by Crippen LogP contribution is 2.24. The molecule has 1 aromatic carbocycles. The van der Waals surface area contributed by atoms with E-state index in [0.717, 1.165) is 0 Å². The number of aliphatic imine (C=N–C) groups is 1. The highest BCUT2D eigenvalue weighted by molar-refractivity contribution is 8.25. The second kappa shape index (κ2) is 4.98. The number of benzene rings is 1. The Hall–Kier alpha value is -2.74. The minimum Gasteiger partial charge on any atom is -0.478 e. The molecule has 0 atom stereocenters. The van der Waals surface area contributed by atoms with E-state index in [1.165, 1.54) is 40.5 Å². The molecule has 2 heterocycles. The number of hydrogen-bond acceptors (Lipinski definition) is 5. The third kappa shape index (κ3) is 2.36. The zero-order valence-electron chi connectivity index (χ0n) is 10.5. The summed E-state index contributed by atoms with van der Waals surface area (Å²) in [6.07, 6.45) is 1.50. The molecule has 0 saturated carbocycles. The van der Waals surface area contributed by atoms with Crippen LogP contribution in [0.3, 0.4) is 0 Å². The van der Waals surface area contributed by atoms with Gasteiger partial charge >= 0.3 is 5.97 Å². The summed E-state index contributed by atoms with van der Waals surface area (Å²) >= 11 is 1.18. The first-order valence-corrected chi connectivity index (χ1v) is 6.70. The number of carbonyl (C=O) groups excluding carboxylic acids is 1. The fourth-order valence-electron chi connectivity index (χ4n) is 1.83. The van der Waals surface area contributed by atoms with Gasteiger partial charge in [0.1, 0.15) is 0 Å². The number of fused-ring (bicyclic) bond motifs is 1. The van der Waals surface area contributed by atoms with E-state index in [1.807, 2.05) is 0 Å². The predicted molar refractivity (Wildman–Crippen MR) is 79.5 cm³/mol. The average Bonchev–Trinajstić information content (AvgIpc) is 2.92. The number of carboxylic acids is 1. The molecule has 104 valence electrons. The third-order valence-corrected chi connectivity index (χ3v) is 3.54. The highest BCUT2D eigenvalue weighted by Gasteiger charge is 2.32. The molecule has 0 spiro atoms. The number of carbonyl (C=O) groups is 2. The zero-order chi connectivity index (χ0) is 15.0. The van der Waals surface area contributed by atoms with Crippen LogP contribution in [-0.2, 0) is 4.79 Å². The number of amides is 1. The van der Waals surface area contributed by atoms with Gasteiger partial charge in [-0.1, -0.05) is 12.1 Å². The van der Waals surface area contributed by atoms with Gasteiger partial charge in [-0.25, -0.2) is 4.79 Å². The van der Waals surface area contributed by atoms with E-state index in [9.17, 15) is 9.59 Å². The Morgan fingerprint density at radius 1 is 1.33 bits per heavy atom. The Bertz CT molecular complexity index is 749. The van der Waals surface area contributed by atoms with Gasteiger partial charge in [-0.2, -0.15) is 15.1 Å². The third-order valence-electron chi connectivity index (χ3n) is 2.87. The number of hydrogen-bond donors (Lipinski definition) is 2. The SMILES string of the molecule is N=C1/C(=C/c2ccc(C(=O)O)cc2)C(=O)N=C2SC=NN12.